The summed E-state index contributed by atoms with van der Waals surface area (Å²) in [4.78, 5) is 0. The molecule has 1 aliphatic carbocycles. The lowest BCUT2D eigenvalue weighted by atomic mass is 10.1. The van der Waals surface area contributed by atoms with Crippen molar-refractivity contribution >= 4 is 0 Å². The lowest BCUT2D eigenvalue weighted by Gasteiger charge is -1.99. The zero-order chi connectivity index (χ0) is 12.0. The van der Waals surface area contributed by atoms with Crippen LogP contribution in [0.2, 0.25) is 0 Å². The Morgan fingerprint density at radius 2 is 2.12 bits per heavy atom. The highest BCUT2D eigenvalue weighted by molar-refractivity contribution is 5.40. The summed E-state index contributed by atoms with van der Waals surface area (Å²) in [5.41, 5.74) is 3.77. The van der Waals surface area contributed by atoms with E-state index in [9.17, 15) is 0 Å². The van der Waals surface area contributed by atoms with Crippen molar-refractivity contribution in [3.05, 3.63) is 47.1 Å². The van der Waals surface area contributed by atoms with Gasteiger partial charge in [0.1, 0.15) is 0 Å². The van der Waals surface area contributed by atoms with Gasteiger partial charge in [0.25, 0.3) is 0 Å². The highest BCUT2D eigenvalue weighted by Gasteiger charge is 1.99. The summed E-state index contributed by atoms with van der Waals surface area (Å²) in [5, 5.41) is 0. The minimum absolute atomic E-state index is 0.548. The van der Waals surface area contributed by atoms with Gasteiger partial charge in [0.05, 0.1) is 0 Å². The van der Waals surface area contributed by atoms with Crippen LogP contribution in [0, 0.1) is 17.8 Å². The Balaban J connectivity index is 2.92. The van der Waals surface area contributed by atoms with E-state index in [0.29, 0.717) is 5.92 Å². The zero-order valence-electron chi connectivity index (χ0n) is 10.7. The summed E-state index contributed by atoms with van der Waals surface area (Å²) >= 11 is 0. The summed E-state index contributed by atoms with van der Waals surface area (Å²) in [6.07, 6.45) is 12.2. The van der Waals surface area contributed by atoms with Crippen LogP contribution in [-0.4, -0.2) is 0 Å². The van der Waals surface area contributed by atoms with E-state index in [1.165, 1.54) is 11.1 Å². The Labute approximate surface area is 99.4 Å². The molecule has 84 valence electrons. The maximum Gasteiger partial charge on any atom is 0.00184 e. The average molecular weight is 212 g/mol. The highest BCUT2D eigenvalue weighted by atomic mass is 14.0. The zero-order valence-corrected chi connectivity index (χ0v) is 10.7. The lowest BCUT2D eigenvalue weighted by molar-refractivity contribution is 0.941. The summed E-state index contributed by atoms with van der Waals surface area (Å²) in [5.74, 6) is 6.59. The third kappa shape index (κ3) is 3.95. The minimum Gasteiger partial charge on any atom is -0.102 e. The van der Waals surface area contributed by atoms with Crippen molar-refractivity contribution in [1.82, 2.24) is 0 Å². The molecule has 0 aromatic rings. The van der Waals surface area contributed by atoms with Gasteiger partial charge in [-0.25, -0.2) is 0 Å². The molecule has 0 heterocycles. The predicted molar refractivity (Wildman–Crippen MR) is 72.0 cm³/mol. The summed E-state index contributed by atoms with van der Waals surface area (Å²) in [7, 11) is 0. The number of hydrogen-bond donors (Lipinski definition) is 0. The van der Waals surface area contributed by atoms with Gasteiger partial charge in [-0.2, -0.15) is 0 Å². The van der Waals surface area contributed by atoms with E-state index in [2.05, 4.69) is 63.0 Å². The van der Waals surface area contributed by atoms with Gasteiger partial charge in [-0.05, 0) is 44.3 Å². The molecule has 1 unspecified atom stereocenters. The predicted octanol–water partition coefficient (Wildman–Crippen LogP) is 4.42. The van der Waals surface area contributed by atoms with Gasteiger partial charge < -0.3 is 0 Å². The second kappa shape index (κ2) is 6.18. The molecule has 0 radical (unpaired) electrons. The normalized spacial score (nSPS) is 23.5. The Morgan fingerprint density at radius 1 is 1.38 bits per heavy atom. The second-order valence-electron chi connectivity index (χ2n) is 4.25. The van der Waals surface area contributed by atoms with Crippen molar-refractivity contribution in [2.24, 2.45) is 5.92 Å². The van der Waals surface area contributed by atoms with E-state index in [-0.39, 0.29) is 0 Å². The van der Waals surface area contributed by atoms with E-state index >= 15 is 0 Å². The van der Waals surface area contributed by atoms with Crippen LogP contribution in [0.25, 0.3) is 0 Å². The van der Waals surface area contributed by atoms with Crippen LogP contribution in [0.5, 0.6) is 0 Å². The molecule has 0 aromatic heterocycles. The minimum atomic E-state index is 0.548. The van der Waals surface area contributed by atoms with E-state index in [4.69, 9.17) is 0 Å². The molecule has 0 aromatic carbocycles. The van der Waals surface area contributed by atoms with Crippen LogP contribution in [0.15, 0.2) is 47.1 Å². The lowest BCUT2D eigenvalue weighted by Crippen LogP contribution is -1.81. The van der Waals surface area contributed by atoms with Gasteiger partial charge in [0, 0.05) is 5.57 Å². The Bertz CT molecular complexity index is 417. The van der Waals surface area contributed by atoms with Crippen molar-refractivity contribution in [2.45, 2.75) is 34.1 Å². The molecular formula is C16H20. The largest absolute Gasteiger partial charge is 0.102 e. The van der Waals surface area contributed by atoms with Crippen LogP contribution in [0.1, 0.15) is 34.1 Å². The van der Waals surface area contributed by atoms with Crippen LogP contribution in [0.4, 0.5) is 0 Å². The van der Waals surface area contributed by atoms with Crippen LogP contribution < -0.4 is 0 Å². The monoisotopic (exact) mass is 212 g/mol. The van der Waals surface area contributed by atoms with Gasteiger partial charge in [0.2, 0.25) is 0 Å². The SMILES string of the molecule is CC#C/C(C)=C(C)\C=C1\C=CC(C)C=CC1. The first-order valence-corrected chi connectivity index (χ1v) is 5.79. The molecule has 0 aliphatic heterocycles. The molecule has 0 N–H and O–H groups in total. The van der Waals surface area contributed by atoms with Crippen molar-refractivity contribution in [3.63, 3.8) is 0 Å². The standard InChI is InChI=1S/C16H20/c1-5-7-14(3)15(4)12-16-9-6-8-13(2)10-11-16/h6,8,10-13H,9H2,1-4H3/b15-14-,16-12+. The molecule has 1 atom stereocenters. The van der Waals surface area contributed by atoms with E-state index in [0.717, 1.165) is 12.0 Å². The average Bonchev–Trinajstić information content (AvgIpc) is 2.44. The van der Waals surface area contributed by atoms with E-state index < -0.39 is 0 Å². The smallest absolute Gasteiger partial charge is 0.00184 e. The third-order valence-electron chi connectivity index (χ3n) is 2.71. The highest BCUT2D eigenvalue weighted by Crippen LogP contribution is 2.17. The molecule has 0 nitrogen and oxygen atoms in total. The molecular weight excluding hydrogens is 192 g/mol. The van der Waals surface area contributed by atoms with Crippen molar-refractivity contribution < 1.29 is 0 Å². The van der Waals surface area contributed by atoms with Gasteiger partial charge >= 0.3 is 0 Å². The maximum absolute atomic E-state index is 3.10. The number of hydrogen-bond acceptors (Lipinski definition) is 0. The molecule has 0 spiro atoms. The molecule has 0 heteroatoms. The summed E-state index contributed by atoms with van der Waals surface area (Å²) in [6, 6.07) is 0. The summed E-state index contributed by atoms with van der Waals surface area (Å²) in [6.45, 7) is 8.27. The number of rotatable bonds is 1. The molecule has 0 bridgehead atoms. The quantitative estimate of drug-likeness (QED) is 0.445. The van der Waals surface area contributed by atoms with Crippen LogP contribution in [-0.2, 0) is 0 Å². The molecule has 0 fully saturated rings. The molecule has 0 saturated carbocycles. The topological polar surface area (TPSA) is 0 Å². The fourth-order valence-electron chi connectivity index (χ4n) is 1.61. The first-order chi connectivity index (χ1) is 7.63. The van der Waals surface area contributed by atoms with E-state index in [1.807, 2.05) is 6.92 Å². The van der Waals surface area contributed by atoms with Crippen LogP contribution in [0.3, 0.4) is 0 Å². The molecule has 16 heavy (non-hydrogen) atoms. The molecule has 1 aliphatic rings. The number of allylic oxidation sites excluding steroid dienone is 8. The molecule has 0 amide bonds. The molecule has 0 saturated heterocycles. The fraction of sp³-hybridized carbons (Fsp3) is 0.375. The van der Waals surface area contributed by atoms with Crippen molar-refractivity contribution in [2.75, 3.05) is 0 Å². The Morgan fingerprint density at radius 3 is 2.81 bits per heavy atom. The van der Waals surface area contributed by atoms with Gasteiger partial charge in [-0.3, -0.25) is 0 Å². The molecule has 1 rings (SSSR count). The Kier molecular flexibility index (Phi) is 4.86. The first-order valence-electron chi connectivity index (χ1n) is 5.79. The van der Waals surface area contributed by atoms with E-state index in [1.54, 1.807) is 0 Å². The van der Waals surface area contributed by atoms with Crippen LogP contribution >= 0.6 is 0 Å². The Hall–Kier alpha value is -1.48. The third-order valence-corrected chi connectivity index (χ3v) is 2.71. The summed E-state index contributed by atoms with van der Waals surface area (Å²) < 4.78 is 0. The first kappa shape index (κ1) is 12.6. The van der Waals surface area contributed by atoms with Crippen molar-refractivity contribution in [3.8, 4) is 11.8 Å². The van der Waals surface area contributed by atoms with Crippen molar-refractivity contribution in [1.29, 1.82) is 0 Å². The maximum atomic E-state index is 3.10. The van der Waals surface area contributed by atoms with Gasteiger partial charge in [-0.1, -0.05) is 43.2 Å². The van der Waals surface area contributed by atoms with Gasteiger partial charge in [-0.15, -0.1) is 5.92 Å². The van der Waals surface area contributed by atoms with Gasteiger partial charge in [0.15, 0.2) is 0 Å². The second-order valence-corrected chi connectivity index (χ2v) is 4.25. The fourth-order valence-corrected chi connectivity index (χ4v) is 1.61.